The van der Waals surface area contributed by atoms with Gasteiger partial charge in [0.1, 0.15) is 0 Å². The molecule has 0 aliphatic heterocycles. The summed E-state index contributed by atoms with van der Waals surface area (Å²) in [5, 5.41) is 15.0. The van der Waals surface area contributed by atoms with E-state index in [0.717, 1.165) is 13.5 Å². The Morgan fingerprint density at radius 3 is 1.75 bits per heavy atom. The van der Waals surface area contributed by atoms with E-state index >= 15 is 0 Å². The summed E-state index contributed by atoms with van der Waals surface area (Å²) >= 11 is 0. The van der Waals surface area contributed by atoms with E-state index in [2.05, 4.69) is 191 Å². The largest absolute Gasteiger partial charge is 0.400 e. The maximum Gasteiger partial charge on any atom is 0.0710 e. The fourth-order valence-corrected chi connectivity index (χ4v) is 8.44. The fourth-order valence-electron chi connectivity index (χ4n) is 8.44. The van der Waals surface area contributed by atoms with Crippen LogP contribution in [0.15, 0.2) is 194 Å². The van der Waals surface area contributed by atoms with Crippen molar-refractivity contribution < 1.29 is 5.11 Å². The highest BCUT2D eigenvalue weighted by atomic mass is 16.2. The van der Waals surface area contributed by atoms with Gasteiger partial charge in [0, 0.05) is 7.11 Å². The molecular weight excluding hydrogens is 665 g/mol. The van der Waals surface area contributed by atoms with Crippen molar-refractivity contribution in [1.82, 2.24) is 0 Å². The van der Waals surface area contributed by atoms with E-state index in [1.165, 1.54) is 95.2 Å². The van der Waals surface area contributed by atoms with Gasteiger partial charge in [0.25, 0.3) is 0 Å². The molecule has 0 heterocycles. The lowest BCUT2D eigenvalue weighted by atomic mass is 9.61. The Hall–Kier alpha value is -6.02. The molecule has 2 aliphatic carbocycles. The van der Waals surface area contributed by atoms with Gasteiger partial charge in [0.15, 0.2) is 0 Å². The summed E-state index contributed by atoms with van der Waals surface area (Å²) in [6, 6.07) is 62.7. The van der Waals surface area contributed by atoms with Crippen LogP contribution in [-0.4, -0.2) is 12.2 Å². The molecule has 1 unspecified atom stereocenters. The maximum atomic E-state index is 7.00. The molecule has 1 nitrogen and oxygen atoms in total. The molecule has 0 aromatic heterocycles. The molecular formula is C54H50O. The summed E-state index contributed by atoms with van der Waals surface area (Å²) in [6.07, 6.45) is 10.0. The molecule has 0 saturated heterocycles. The molecule has 1 N–H and O–H groups in total. The third-order valence-electron chi connectivity index (χ3n) is 11.0. The molecule has 0 saturated carbocycles. The summed E-state index contributed by atoms with van der Waals surface area (Å²) in [6.45, 7) is 6.39. The summed E-state index contributed by atoms with van der Waals surface area (Å²) in [5.74, 6) is 0. The van der Waals surface area contributed by atoms with Gasteiger partial charge in [0.2, 0.25) is 0 Å². The molecule has 0 radical (unpaired) electrons. The van der Waals surface area contributed by atoms with Crippen molar-refractivity contribution in [3.05, 3.63) is 238 Å². The van der Waals surface area contributed by atoms with Gasteiger partial charge in [-0.25, -0.2) is 0 Å². The molecule has 10 rings (SSSR count). The van der Waals surface area contributed by atoms with Crippen molar-refractivity contribution in [3.8, 4) is 0 Å². The smallest absolute Gasteiger partial charge is 0.0710 e. The van der Waals surface area contributed by atoms with Crippen molar-refractivity contribution in [3.63, 3.8) is 0 Å². The van der Waals surface area contributed by atoms with Crippen molar-refractivity contribution in [1.29, 1.82) is 0 Å². The van der Waals surface area contributed by atoms with E-state index in [-0.39, 0.29) is 0 Å². The van der Waals surface area contributed by atoms with Crippen molar-refractivity contribution in [2.24, 2.45) is 0 Å². The molecule has 8 aromatic rings. The monoisotopic (exact) mass is 714 g/mol. The topological polar surface area (TPSA) is 20.2 Å². The van der Waals surface area contributed by atoms with Crippen LogP contribution >= 0.6 is 0 Å². The first kappa shape index (κ1) is 37.3. The van der Waals surface area contributed by atoms with Crippen molar-refractivity contribution in [2.75, 3.05) is 7.11 Å². The number of allylic oxidation sites excluding steroid dienone is 4. The third kappa shape index (κ3) is 7.41. The highest BCUT2D eigenvalue weighted by Gasteiger charge is 2.41. The van der Waals surface area contributed by atoms with Gasteiger partial charge < -0.3 is 5.11 Å². The summed E-state index contributed by atoms with van der Waals surface area (Å²) < 4.78 is 0. The van der Waals surface area contributed by atoms with Crippen LogP contribution in [0, 0.1) is 13.8 Å². The minimum atomic E-state index is -0.443. The van der Waals surface area contributed by atoms with Crippen molar-refractivity contribution in [2.45, 2.75) is 45.4 Å². The lowest BCUT2D eigenvalue weighted by Crippen LogP contribution is -2.33. The molecule has 2 aliphatic rings. The maximum absolute atomic E-state index is 7.00. The van der Waals surface area contributed by atoms with Crippen LogP contribution in [0.3, 0.4) is 0 Å². The molecule has 1 atom stereocenters. The number of hydrogen-bond acceptors (Lipinski definition) is 1. The zero-order valence-corrected chi connectivity index (χ0v) is 32.5. The van der Waals surface area contributed by atoms with E-state index in [0.29, 0.717) is 0 Å². The molecule has 0 amide bonds. The van der Waals surface area contributed by atoms with Crippen LogP contribution in [-0.2, 0) is 11.8 Å². The summed E-state index contributed by atoms with van der Waals surface area (Å²) in [7, 11) is 1.00. The summed E-state index contributed by atoms with van der Waals surface area (Å²) in [5.41, 5.74) is 11.7. The average Bonchev–Trinajstić information content (AvgIpc) is 3.24. The predicted octanol–water partition coefficient (Wildman–Crippen LogP) is 13.6. The molecule has 55 heavy (non-hydrogen) atoms. The second kappa shape index (κ2) is 17.0. The Morgan fingerprint density at radius 1 is 0.455 bits per heavy atom. The van der Waals surface area contributed by atoms with E-state index < -0.39 is 5.41 Å². The van der Waals surface area contributed by atoms with Crippen molar-refractivity contribution >= 4 is 32.3 Å². The number of aliphatic hydroxyl groups excluding tert-OH is 1. The van der Waals surface area contributed by atoms with Crippen LogP contribution in [0.2, 0.25) is 0 Å². The Balaban J connectivity index is 0.000000243. The first-order valence-electron chi connectivity index (χ1n) is 19.4. The third-order valence-corrected chi connectivity index (χ3v) is 11.0. The Bertz CT molecular complexity index is 2590. The standard InChI is InChI=1S/C39H28.C7H10.C7H8.CH4O/c1-26-18-21-31(22-19-26)39(30-12-3-2-4-13-30)36-16-8-6-11-28(36)24-29-25-35-34(15-9-17-37(35)39)38-32-14-7-5-10-27(32)20-23-33(29)38;2*1-7-5-3-2-4-6-7;1-2/h2-23,25H,24H2,1H3;3,5-6H,2,4H2,1H3;2-6H,1H3;2H,1H3. The number of fused-ring (bicyclic) bond motifs is 7. The molecule has 0 spiro atoms. The first-order chi connectivity index (χ1) is 27.0. The van der Waals surface area contributed by atoms with E-state index in [1.807, 2.05) is 18.2 Å². The summed E-state index contributed by atoms with van der Waals surface area (Å²) in [4.78, 5) is 0. The number of hydrogen-bond donors (Lipinski definition) is 1. The zero-order valence-electron chi connectivity index (χ0n) is 32.5. The Kier molecular flexibility index (Phi) is 11.5. The van der Waals surface area contributed by atoms with Gasteiger partial charge in [0.05, 0.1) is 5.41 Å². The minimum Gasteiger partial charge on any atom is -0.400 e. The molecule has 2 bridgehead atoms. The lowest BCUT2D eigenvalue weighted by Gasteiger charge is -2.40. The zero-order chi connectivity index (χ0) is 38.2. The van der Waals surface area contributed by atoms with Gasteiger partial charge in [-0.05, 0) is 112 Å². The number of aliphatic hydroxyl groups is 1. The van der Waals surface area contributed by atoms with Crippen LogP contribution in [0.4, 0.5) is 0 Å². The SMILES string of the molecule is CC1=CCCC=C1.CO.Cc1ccc(C2(c3ccccc3)c3ccccc3Cc3cc4c2cccc4c2c3ccc3ccccc32)cc1.Cc1ccccc1. The number of benzene rings is 8. The molecule has 272 valence electrons. The fraction of sp³-hybridized carbons (Fsp3) is 0.148. The second-order valence-electron chi connectivity index (χ2n) is 14.5. The van der Waals surface area contributed by atoms with Gasteiger partial charge in [-0.2, -0.15) is 0 Å². The minimum absolute atomic E-state index is 0.443. The molecule has 0 fully saturated rings. The van der Waals surface area contributed by atoms with Gasteiger partial charge in [-0.3, -0.25) is 0 Å². The van der Waals surface area contributed by atoms with Crippen LogP contribution in [0.1, 0.15) is 64.3 Å². The lowest BCUT2D eigenvalue weighted by molar-refractivity contribution is 0.399. The van der Waals surface area contributed by atoms with E-state index in [1.54, 1.807) is 0 Å². The van der Waals surface area contributed by atoms with Gasteiger partial charge in [-0.15, -0.1) is 0 Å². The normalized spacial score (nSPS) is 15.3. The molecule has 8 aromatic carbocycles. The average molecular weight is 715 g/mol. The molecule has 1 heteroatoms. The van der Waals surface area contributed by atoms with E-state index in [9.17, 15) is 0 Å². The van der Waals surface area contributed by atoms with E-state index in [4.69, 9.17) is 5.11 Å². The first-order valence-corrected chi connectivity index (χ1v) is 19.4. The quantitative estimate of drug-likeness (QED) is 0.177. The second-order valence-corrected chi connectivity index (χ2v) is 14.5. The van der Waals surface area contributed by atoms with Gasteiger partial charge >= 0.3 is 0 Å². The van der Waals surface area contributed by atoms with Crippen LogP contribution < -0.4 is 0 Å². The van der Waals surface area contributed by atoms with Crippen LogP contribution in [0.5, 0.6) is 0 Å². The number of rotatable bonds is 2. The highest BCUT2D eigenvalue weighted by molar-refractivity contribution is 6.22. The van der Waals surface area contributed by atoms with Crippen LogP contribution in [0.25, 0.3) is 32.3 Å². The highest BCUT2D eigenvalue weighted by Crippen LogP contribution is 2.51. The number of aryl methyl sites for hydroxylation is 2. The Morgan fingerprint density at radius 2 is 1.07 bits per heavy atom. The van der Waals surface area contributed by atoms with Gasteiger partial charge in [-0.1, -0.05) is 199 Å². The Labute approximate surface area is 327 Å². The predicted molar refractivity (Wildman–Crippen MR) is 236 cm³/mol.